The normalized spacial score (nSPS) is 19.6. The molecule has 0 unspecified atom stereocenters. The molecule has 0 aliphatic heterocycles. The minimum absolute atomic E-state index is 0.00445. The Bertz CT molecular complexity index is 731. The SMILES string of the molecule is Cc1cccc(NC(=O)C2CCC(C(=O)Nc3cccc(Cl)c3)CC2)c1. The van der Waals surface area contributed by atoms with Crippen LogP contribution in [-0.2, 0) is 9.59 Å². The lowest BCUT2D eigenvalue weighted by Crippen LogP contribution is -2.32. The molecule has 0 aromatic heterocycles. The Kier molecular flexibility index (Phi) is 5.94. The first kappa shape index (κ1) is 18.5. The van der Waals surface area contributed by atoms with Crippen LogP contribution in [0.2, 0.25) is 5.02 Å². The van der Waals surface area contributed by atoms with Gasteiger partial charge in [0.05, 0.1) is 0 Å². The van der Waals surface area contributed by atoms with Crippen LogP contribution < -0.4 is 10.6 Å². The fourth-order valence-electron chi connectivity index (χ4n) is 3.40. The predicted octanol–water partition coefficient (Wildman–Crippen LogP) is 5.03. The molecule has 0 bridgehead atoms. The van der Waals surface area contributed by atoms with Crippen LogP contribution in [0.5, 0.6) is 0 Å². The van der Waals surface area contributed by atoms with Gasteiger partial charge in [-0.05, 0) is 68.5 Å². The molecule has 0 heterocycles. The zero-order valence-electron chi connectivity index (χ0n) is 14.8. The van der Waals surface area contributed by atoms with Crippen molar-refractivity contribution in [3.8, 4) is 0 Å². The number of carbonyl (C=O) groups is 2. The Morgan fingerprint density at radius 3 is 1.85 bits per heavy atom. The second-order valence-electron chi connectivity index (χ2n) is 6.91. The topological polar surface area (TPSA) is 58.2 Å². The lowest BCUT2D eigenvalue weighted by Gasteiger charge is -2.27. The van der Waals surface area contributed by atoms with Crippen molar-refractivity contribution in [1.29, 1.82) is 0 Å². The molecule has 2 aromatic carbocycles. The molecule has 1 aliphatic rings. The first-order valence-electron chi connectivity index (χ1n) is 8.95. The summed E-state index contributed by atoms with van der Waals surface area (Å²) in [5.74, 6) is -0.0446. The highest BCUT2D eigenvalue weighted by Gasteiger charge is 2.30. The zero-order chi connectivity index (χ0) is 18.5. The summed E-state index contributed by atoms with van der Waals surface area (Å²) in [4.78, 5) is 24.9. The van der Waals surface area contributed by atoms with Crippen LogP contribution in [-0.4, -0.2) is 11.8 Å². The smallest absolute Gasteiger partial charge is 0.227 e. The number of anilines is 2. The number of rotatable bonds is 4. The summed E-state index contributed by atoms with van der Waals surface area (Å²) >= 11 is 5.95. The summed E-state index contributed by atoms with van der Waals surface area (Å²) in [5.41, 5.74) is 2.65. The van der Waals surface area contributed by atoms with Gasteiger partial charge in [-0.2, -0.15) is 0 Å². The third-order valence-electron chi connectivity index (χ3n) is 4.85. The van der Waals surface area contributed by atoms with Crippen molar-refractivity contribution in [2.45, 2.75) is 32.6 Å². The molecule has 3 rings (SSSR count). The van der Waals surface area contributed by atoms with E-state index in [1.54, 1.807) is 12.1 Å². The third kappa shape index (κ3) is 4.85. The van der Waals surface area contributed by atoms with Crippen molar-refractivity contribution in [3.63, 3.8) is 0 Å². The summed E-state index contributed by atoms with van der Waals surface area (Å²) < 4.78 is 0. The second-order valence-corrected chi connectivity index (χ2v) is 7.34. The standard InChI is InChI=1S/C21H23ClN2O2/c1-14-4-2-6-18(12-14)23-20(25)15-8-10-16(11-9-15)21(26)24-19-7-3-5-17(22)13-19/h2-7,12-13,15-16H,8-11H2,1H3,(H,23,25)(H,24,26). The number of amides is 2. The molecule has 0 atom stereocenters. The minimum Gasteiger partial charge on any atom is -0.326 e. The first-order valence-corrected chi connectivity index (χ1v) is 9.33. The summed E-state index contributed by atoms with van der Waals surface area (Å²) in [6.07, 6.45) is 2.90. The number of aryl methyl sites for hydroxylation is 1. The number of nitrogens with one attached hydrogen (secondary N) is 2. The van der Waals surface area contributed by atoms with Crippen LogP contribution in [0.25, 0.3) is 0 Å². The van der Waals surface area contributed by atoms with Crippen molar-refractivity contribution in [2.75, 3.05) is 10.6 Å². The molecule has 1 fully saturated rings. The Labute approximate surface area is 158 Å². The van der Waals surface area contributed by atoms with E-state index in [-0.39, 0.29) is 23.7 Å². The maximum Gasteiger partial charge on any atom is 0.227 e. The largest absolute Gasteiger partial charge is 0.326 e. The quantitative estimate of drug-likeness (QED) is 0.792. The number of halogens is 1. The number of hydrogen-bond donors (Lipinski definition) is 2. The van der Waals surface area contributed by atoms with Gasteiger partial charge in [-0.3, -0.25) is 9.59 Å². The van der Waals surface area contributed by atoms with Crippen LogP contribution in [0.3, 0.4) is 0 Å². The van der Waals surface area contributed by atoms with Crippen LogP contribution in [0.1, 0.15) is 31.2 Å². The van der Waals surface area contributed by atoms with E-state index in [1.165, 1.54) is 0 Å². The van der Waals surface area contributed by atoms with E-state index in [0.717, 1.165) is 36.9 Å². The van der Waals surface area contributed by atoms with Crippen molar-refractivity contribution in [2.24, 2.45) is 11.8 Å². The van der Waals surface area contributed by atoms with Gasteiger partial charge >= 0.3 is 0 Å². The minimum atomic E-state index is -0.0583. The second kappa shape index (κ2) is 8.37. The van der Waals surface area contributed by atoms with Crippen molar-refractivity contribution < 1.29 is 9.59 Å². The summed E-state index contributed by atoms with van der Waals surface area (Å²) in [6.45, 7) is 2.00. The molecule has 2 N–H and O–H groups in total. The molecule has 136 valence electrons. The first-order chi connectivity index (χ1) is 12.5. The highest BCUT2D eigenvalue weighted by molar-refractivity contribution is 6.30. The highest BCUT2D eigenvalue weighted by atomic mass is 35.5. The van der Waals surface area contributed by atoms with Gasteiger partial charge in [0.15, 0.2) is 0 Å². The molecule has 26 heavy (non-hydrogen) atoms. The maximum absolute atomic E-state index is 12.5. The molecule has 0 radical (unpaired) electrons. The summed E-state index contributed by atoms with van der Waals surface area (Å²) in [7, 11) is 0. The van der Waals surface area contributed by atoms with E-state index >= 15 is 0 Å². The molecule has 0 saturated heterocycles. The Balaban J connectivity index is 1.50. The Hall–Kier alpha value is -2.33. The van der Waals surface area contributed by atoms with Gasteiger partial charge in [-0.15, -0.1) is 0 Å². The van der Waals surface area contributed by atoms with Crippen LogP contribution in [0.15, 0.2) is 48.5 Å². The molecular formula is C21H23ClN2O2. The molecule has 1 aliphatic carbocycles. The van der Waals surface area contributed by atoms with Gasteiger partial charge in [0.2, 0.25) is 11.8 Å². The van der Waals surface area contributed by atoms with E-state index in [1.807, 2.05) is 43.3 Å². The number of hydrogen-bond acceptors (Lipinski definition) is 2. The fourth-order valence-corrected chi connectivity index (χ4v) is 3.59. The summed E-state index contributed by atoms with van der Waals surface area (Å²) in [5, 5.41) is 6.50. The van der Waals surface area contributed by atoms with Crippen molar-refractivity contribution in [1.82, 2.24) is 0 Å². The van der Waals surface area contributed by atoms with Crippen molar-refractivity contribution in [3.05, 3.63) is 59.1 Å². The maximum atomic E-state index is 12.5. The Morgan fingerprint density at radius 2 is 1.35 bits per heavy atom. The van der Waals surface area contributed by atoms with E-state index in [4.69, 9.17) is 11.6 Å². The van der Waals surface area contributed by atoms with E-state index in [2.05, 4.69) is 10.6 Å². The van der Waals surface area contributed by atoms with Crippen molar-refractivity contribution >= 4 is 34.8 Å². The Morgan fingerprint density at radius 1 is 0.846 bits per heavy atom. The van der Waals surface area contributed by atoms with Gasteiger partial charge in [0.1, 0.15) is 0 Å². The molecule has 2 aromatic rings. The van der Waals surface area contributed by atoms with Crippen LogP contribution in [0.4, 0.5) is 11.4 Å². The number of carbonyl (C=O) groups excluding carboxylic acids is 2. The lowest BCUT2D eigenvalue weighted by molar-refractivity contribution is -0.125. The monoisotopic (exact) mass is 370 g/mol. The van der Waals surface area contributed by atoms with E-state index < -0.39 is 0 Å². The summed E-state index contributed by atoms with van der Waals surface area (Å²) in [6, 6.07) is 14.9. The molecule has 2 amide bonds. The average Bonchev–Trinajstić information content (AvgIpc) is 2.62. The molecule has 1 saturated carbocycles. The zero-order valence-corrected chi connectivity index (χ0v) is 15.6. The highest BCUT2D eigenvalue weighted by Crippen LogP contribution is 2.31. The fraction of sp³-hybridized carbons (Fsp3) is 0.333. The molecular weight excluding hydrogens is 348 g/mol. The molecule has 0 spiro atoms. The van der Waals surface area contributed by atoms with Gasteiger partial charge in [0, 0.05) is 28.2 Å². The van der Waals surface area contributed by atoms with Crippen LogP contribution in [0, 0.1) is 18.8 Å². The van der Waals surface area contributed by atoms with Gasteiger partial charge in [-0.1, -0.05) is 29.8 Å². The van der Waals surface area contributed by atoms with E-state index in [0.29, 0.717) is 10.7 Å². The number of benzene rings is 2. The van der Waals surface area contributed by atoms with Gasteiger partial charge < -0.3 is 10.6 Å². The third-order valence-corrected chi connectivity index (χ3v) is 5.08. The predicted molar refractivity (Wildman–Crippen MR) is 105 cm³/mol. The van der Waals surface area contributed by atoms with E-state index in [9.17, 15) is 9.59 Å². The van der Waals surface area contributed by atoms with Crippen LogP contribution >= 0.6 is 11.6 Å². The average molecular weight is 371 g/mol. The lowest BCUT2D eigenvalue weighted by atomic mass is 9.81. The molecule has 4 nitrogen and oxygen atoms in total. The van der Waals surface area contributed by atoms with Gasteiger partial charge in [0.25, 0.3) is 0 Å². The van der Waals surface area contributed by atoms with Gasteiger partial charge in [-0.25, -0.2) is 0 Å². The molecule has 5 heteroatoms.